The van der Waals surface area contributed by atoms with Gasteiger partial charge in [-0.2, -0.15) is 0 Å². The van der Waals surface area contributed by atoms with Crippen molar-refractivity contribution in [2.45, 2.75) is 32.1 Å². The van der Waals surface area contributed by atoms with Crippen molar-refractivity contribution in [1.29, 1.82) is 0 Å². The second-order valence-electron chi connectivity index (χ2n) is 7.05. The number of para-hydroxylation sites is 1. The van der Waals surface area contributed by atoms with Crippen LogP contribution in [0.2, 0.25) is 0 Å². The quantitative estimate of drug-likeness (QED) is 0.776. The second-order valence-corrected chi connectivity index (χ2v) is 7.05. The molecule has 1 heterocycles. The number of amides is 1. The summed E-state index contributed by atoms with van der Waals surface area (Å²) in [6.45, 7) is 4.52. The van der Waals surface area contributed by atoms with Crippen molar-refractivity contribution >= 4 is 17.6 Å². The molecule has 28 heavy (non-hydrogen) atoms. The maximum absolute atomic E-state index is 13.0. The van der Waals surface area contributed by atoms with Gasteiger partial charge in [-0.3, -0.25) is 4.79 Å². The molecule has 1 atom stereocenters. The Morgan fingerprint density at radius 1 is 1.04 bits per heavy atom. The minimum absolute atomic E-state index is 0.0298. The summed E-state index contributed by atoms with van der Waals surface area (Å²) in [7, 11) is 1.36. The van der Waals surface area contributed by atoms with Crippen molar-refractivity contribution in [1.82, 2.24) is 5.32 Å². The summed E-state index contributed by atoms with van der Waals surface area (Å²) in [6, 6.07) is 15.3. The molecule has 1 aliphatic heterocycles. The van der Waals surface area contributed by atoms with Crippen LogP contribution in [0.4, 0.5) is 5.69 Å². The predicted octanol–water partition coefficient (Wildman–Crippen LogP) is 3.73. The molecular formula is C23H28N2O3. The fourth-order valence-corrected chi connectivity index (χ4v) is 3.83. The monoisotopic (exact) mass is 380 g/mol. The van der Waals surface area contributed by atoms with Crippen LogP contribution in [0, 0.1) is 0 Å². The fraction of sp³-hybridized carbons (Fsp3) is 0.391. The molecule has 1 unspecified atom stereocenters. The number of esters is 1. The Kier molecular flexibility index (Phi) is 6.69. The number of hydrogen-bond donors (Lipinski definition) is 1. The number of anilines is 1. The van der Waals surface area contributed by atoms with Gasteiger partial charge in [0.1, 0.15) is 0 Å². The molecule has 0 aromatic heterocycles. The van der Waals surface area contributed by atoms with Crippen LogP contribution in [0.25, 0.3) is 0 Å². The molecule has 0 saturated carbocycles. The molecule has 148 valence electrons. The highest BCUT2D eigenvalue weighted by Gasteiger charge is 2.27. The van der Waals surface area contributed by atoms with Gasteiger partial charge in [0.15, 0.2) is 0 Å². The zero-order valence-electron chi connectivity index (χ0n) is 16.6. The number of hydrogen-bond acceptors (Lipinski definition) is 4. The average Bonchev–Trinajstić information content (AvgIpc) is 2.75. The molecule has 1 aliphatic rings. The summed E-state index contributed by atoms with van der Waals surface area (Å²) in [5, 5.41) is 2.97. The first kappa shape index (κ1) is 19.9. The number of carbonyl (C=O) groups is 2. The molecular weight excluding hydrogens is 352 g/mol. The first-order chi connectivity index (χ1) is 13.7. The molecule has 0 bridgehead atoms. The third kappa shape index (κ3) is 4.35. The third-order valence-electron chi connectivity index (χ3n) is 5.22. The van der Waals surface area contributed by atoms with Crippen LogP contribution >= 0.6 is 0 Å². The van der Waals surface area contributed by atoms with E-state index in [0.29, 0.717) is 12.1 Å². The lowest BCUT2D eigenvalue weighted by atomic mass is 9.88. The van der Waals surface area contributed by atoms with Gasteiger partial charge in [0.2, 0.25) is 5.91 Å². The summed E-state index contributed by atoms with van der Waals surface area (Å²) in [4.78, 5) is 27.2. The van der Waals surface area contributed by atoms with Gasteiger partial charge in [-0.15, -0.1) is 0 Å². The van der Waals surface area contributed by atoms with Crippen LogP contribution < -0.4 is 10.2 Å². The topological polar surface area (TPSA) is 58.6 Å². The number of methoxy groups -OCH3 is 1. The molecule has 1 amide bonds. The summed E-state index contributed by atoms with van der Waals surface area (Å²) < 4.78 is 4.78. The van der Waals surface area contributed by atoms with Crippen molar-refractivity contribution in [3.63, 3.8) is 0 Å². The van der Waals surface area contributed by atoms with Gasteiger partial charge >= 0.3 is 5.97 Å². The molecule has 0 radical (unpaired) electrons. The Morgan fingerprint density at radius 3 is 2.36 bits per heavy atom. The van der Waals surface area contributed by atoms with E-state index in [4.69, 9.17) is 4.74 Å². The second kappa shape index (κ2) is 9.40. The Labute approximate surface area is 166 Å². The van der Waals surface area contributed by atoms with E-state index in [1.165, 1.54) is 26.4 Å². The van der Waals surface area contributed by atoms with E-state index in [0.717, 1.165) is 29.9 Å². The molecule has 1 N–H and O–H groups in total. The van der Waals surface area contributed by atoms with Gasteiger partial charge in [0.05, 0.1) is 18.6 Å². The maximum atomic E-state index is 13.0. The largest absolute Gasteiger partial charge is 0.465 e. The van der Waals surface area contributed by atoms with E-state index < -0.39 is 5.92 Å². The minimum atomic E-state index is -0.426. The SMILES string of the molecule is CCNC(=O)C(c1ccc(C(=O)OC)cc1)c1ccccc1N1CCCCC1. The molecule has 3 rings (SSSR count). The molecule has 1 fully saturated rings. The number of nitrogens with zero attached hydrogens (tertiary/aromatic N) is 1. The fourth-order valence-electron chi connectivity index (χ4n) is 3.83. The van der Waals surface area contributed by atoms with Crippen LogP contribution in [0.3, 0.4) is 0 Å². The van der Waals surface area contributed by atoms with E-state index >= 15 is 0 Å². The molecule has 2 aromatic carbocycles. The van der Waals surface area contributed by atoms with Crippen molar-refractivity contribution in [2.24, 2.45) is 0 Å². The Hall–Kier alpha value is -2.82. The first-order valence-corrected chi connectivity index (χ1v) is 9.95. The lowest BCUT2D eigenvalue weighted by molar-refractivity contribution is -0.121. The van der Waals surface area contributed by atoms with Gasteiger partial charge < -0.3 is 15.0 Å². The Morgan fingerprint density at radius 2 is 1.71 bits per heavy atom. The first-order valence-electron chi connectivity index (χ1n) is 9.95. The lowest BCUT2D eigenvalue weighted by Crippen LogP contribution is -2.34. The Bertz CT molecular complexity index is 811. The number of benzene rings is 2. The standard InChI is InChI=1S/C23H28N2O3/c1-3-24-22(26)21(17-11-13-18(14-12-17)23(27)28-2)19-9-5-6-10-20(19)25-15-7-4-8-16-25/h5-6,9-14,21H,3-4,7-8,15-16H2,1-2H3,(H,24,26). The van der Waals surface area contributed by atoms with Gasteiger partial charge in [0.25, 0.3) is 0 Å². The zero-order chi connectivity index (χ0) is 19.9. The van der Waals surface area contributed by atoms with Gasteiger partial charge in [0, 0.05) is 25.3 Å². The molecule has 1 saturated heterocycles. The maximum Gasteiger partial charge on any atom is 0.337 e. The van der Waals surface area contributed by atoms with E-state index in [9.17, 15) is 9.59 Å². The van der Waals surface area contributed by atoms with Crippen molar-refractivity contribution < 1.29 is 14.3 Å². The smallest absolute Gasteiger partial charge is 0.337 e. The number of likely N-dealkylation sites (N-methyl/N-ethyl adjacent to an activating group) is 1. The highest BCUT2D eigenvalue weighted by molar-refractivity contribution is 5.91. The zero-order valence-corrected chi connectivity index (χ0v) is 16.6. The predicted molar refractivity (Wildman–Crippen MR) is 111 cm³/mol. The van der Waals surface area contributed by atoms with Gasteiger partial charge in [-0.25, -0.2) is 4.79 Å². The number of ether oxygens (including phenoxy) is 1. The van der Waals surface area contributed by atoms with E-state index in [1.54, 1.807) is 12.1 Å². The van der Waals surface area contributed by atoms with E-state index in [2.05, 4.69) is 16.3 Å². The number of carbonyl (C=O) groups excluding carboxylic acids is 2. The lowest BCUT2D eigenvalue weighted by Gasteiger charge is -2.32. The van der Waals surface area contributed by atoms with Crippen molar-refractivity contribution in [3.05, 3.63) is 65.2 Å². The Balaban J connectivity index is 2.01. The third-order valence-corrected chi connectivity index (χ3v) is 5.22. The molecule has 5 heteroatoms. The van der Waals surface area contributed by atoms with Crippen LogP contribution in [0.15, 0.2) is 48.5 Å². The minimum Gasteiger partial charge on any atom is -0.465 e. The summed E-state index contributed by atoms with van der Waals surface area (Å²) in [5.41, 5.74) is 3.46. The van der Waals surface area contributed by atoms with Crippen molar-refractivity contribution in [2.75, 3.05) is 31.6 Å². The van der Waals surface area contributed by atoms with Crippen LogP contribution in [0.5, 0.6) is 0 Å². The van der Waals surface area contributed by atoms with Crippen LogP contribution in [0.1, 0.15) is 53.6 Å². The average molecular weight is 380 g/mol. The van der Waals surface area contributed by atoms with E-state index in [-0.39, 0.29) is 11.9 Å². The number of nitrogens with one attached hydrogen (secondary N) is 1. The summed E-state index contributed by atoms with van der Waals surface area (Å²) in [6.07, 6.45) is 3.61. The van der Waals surface area contributed by atoms with Gasteiger partial charge in [-0.05, 0) is 55.5 Å². The van der Waals surface area contributed by atoms with Crippen LogP contribution in [-0.2, 0) is 9.53 Å². The number of piperidine rings is 1. The van der Waals surface area contributed by atoms with Crippen molar-refractivity contribution in [3.8, 4) is 0 Å². The summed E-state index contributed by atoms with van der Waals surface area (Å²) in [5.74, 6) is -0.836. The van der Waals surface area contributed by atoms with E-state index in [1.807, 2.05) is 37.3 Å². The normalized spacial score (nSPS) is 15.0. The summed E-state index contributed by atoms with van der Waals surface area (Å²) >= 11 is 0. The molecule has 2 aromatic rings. The molecule has 0 aliphatic carbocycles. The molecule has 5 nitrogen and oxygen atoms in total. The van der Waals surface area contributed by atoms with Crippen LogP contribution in [-0.4, -0.2) is 38.6 Å². The number of rotatable bonds is 6. The highest BCUT2D eigenvalue weighted by Crippen LogP contribution is 2.34. The molecule has 0 spiro atoms. The highest BCUT2D eigenvalue weighted by atomic mass is 16.5. The van der Waals surface area contributed by atoms with Gasteiger partial charge in [-0.1, -0.05) is 30.3 Å².